The van der Waals surface area contributed by atoms with E-state index in [0.29, 0.717) is 25.2 Å². The van der Waals surface area contributed by atoms with Crippen LogP contribution in [0.3, 0.4) is 0 Å². The fourth-order valence-corrected chi connectivity index (χ4v) is 3.72. The summed E-state index contributed by atoms with van der Waals surface area (Å²) in [6.07, 6.45) is 9.38. The minimum absolute atomic E-state index is 0.0268. The van der Waals surface area contributed by atoms with E-state index in [1.54, 1.807) is 15.8 Å². The third kappa shape index (κ3) is 4.11. The van der Waals surface area contributed by atoms with Crippen LogP contribution in [-0.4, -0.2) is 44.0 Å². The number of amides is 1. The zero-order valence-corrected chi connectivity index (χ0v) is 15.6. The van der Waals surface area contributed by atoms with Gasteiger partial charge in [-0.1, -0.05) is 17.7 Å². The highest BCUT2D eigenvalue weighted by molar-refractivity contribution is 5.88. The highest BCUT2D eigenvalue weighted by atomic mass is 16.3. The first-order chi connectivity index (χ1) is 11.9. The largest absolute Gasteiger partial charge is 0.382 e. The molecule has 1 atom stereocenters. The molecule has 138 valence electrons. The molecule has 1 saturated heterocycles. The van der Waals surface area contributed by atoms with Crippen LogP contribution in [0, 0.1) is 5.92 Å². The summed E-state index contributed by atoms with van der Waals surface area (Å²) in [6.45, 7) is 7.31. The molecule has 1 aromatic heterocycles. The number of carbonyl (C=O) groups is 1. The number of likely N-dealkylation sites (tertiary alicyclic amines) is 1. The molecule has 1 aromatic rings. The van der Waals surface area contributed by atoms with E-state index in [9.17, 15) is 9.90 Å². The summed E-state index contributed by atoms with van der Waals surface area (Å²) in [4.78, 5) is 14.4. The van der Waals surface area contributed by atoms with Crippen LogP contribution >= 0.6 is 0 Å². The molecule has 6 heteroatoms. The standard InChI is InChI=1S/C19H30N4O2/c1-14(2)23-12-17(20-21-23)19(25)9-4-10-22(13-19)18(24)11-16-7-5-15(3)6-8-16/h11-12,14-15,25H,4-10,13H2,1-3H3. The van der Waals surface area contributed by atoms with Crippen molar-refractivity contribution in [1.82, 2.24) is 19.9 Å². The van der Waals surface area contributed by atoms with Crippen molar-refractivity contribution in [3.8, 4) is 0 Å². The van der Waals surface area contributed by atoms with Crippen LogP contribution < -0.4 is 0 Å². The molecule has 1 saturated carbocycles. The molecule has 2 fully saturated rings. The van der Waals surface area contributed by atoms with E-state index >= 15 is 0 Å². The van der Waals surface area contributed by atoms with Gasteiger partial charge in [0.2, 0.25) is 5.91 Å². The Bertz CT molecular complexity index is 642. The summed E-state index contributed by atoms with van der Waals surface area (Å²) in [7, 11) is 0. The Hall–Kier alpha value is -1.69. The summed E-state index contributed by atoms with van der Waals surface area (Å²) in [5, 5.41) is 19.3. The molecule has 0 bridgehead atoms. The fourth-order valence-electron chi connectivity index (χ4n) is 3.72. The first-order valence-corrected chi connectivity index (χ1v) is 9.50. The molecular weight excluding hydrogens is 316 g/mol. The van der Waals surface area contributed by atoms with Gasteiger partial charge in [-0.3, -0.25) is 4.79 Å². The molecule has 1 amide bonds. The number of hydrogen-bond donors (Lipinski definition) is 1. The number of nitrogens with zero attached hydrogens (tertiary/aromatic N) is 4. The van der Waals surface area contributed by atoms with Gasteiger partial charge in [-0.25, -0.2) is 4.68 Å². The number of rotatable bonds is 3. The zero-order valence-electron chi connectivity index (χ0n) is 15.6. The van der Waals surface area contributed by atoms with Crippen molar-refractivity contribution in [1.29, 1.82) is 0 Å². The zero-order chi connectivity index (χ0) is 18.0. The number of hydrogen-bond acceptors (Lipinski definition) is 4. The normalized spacial score (nSPS) is 27.6. The predicted molar refractivity (Wildman–Crippen MR) is 95.8 cm³/mol. The Morgan fingerprint density at radius 3 is 2.76 bits per heavy atom. The molecule has 6 nitrogen and oxygen atoms in total. The number of aromatic nitrogens is 3. The highest BCUT2D eigenvalue weighted by Crippen LogP contribution is 2.32. The Morgan fingerprint density at radius 1 is 1.40 bits per heavy atom. The van der Waals surface area contributed by atoms with E-state index in [2.05, 4.69) is 17.2 Å². The highest BCUT2D eigenvalue weighted by Gasteiger charge is 2.39. The van der Waals surface area contributed by atoms with Gasteiger partial charge in [0.1, 0.15) is 11.3 Å². The molecule has 0 aromatic carbocycles. The van der Waals surface area contributed by atoms with Gasteiger partial charge in [0.05, 0.1) is 12.7 Å². The first kappa shape index (κ1) is 18.1. The number of carbonyl (C=O) groups excluding carboxylic acids is 1. The maximum absolute atomic E-state index is 12.7. The van der Waals surface area contributed by atoms with Crippen LogP contribution in [0.4, 0.5) is 0 Å². The van der Waals surface area contributed by atoms with Gasteiger partial charge in [0.15, 0.2) is 0 Å². The van der Waals surface area contributed by atoms with Crippen molar-refractivity contribution >= 4 is 5.91 Å². The SMILES string of the molecule is CC1CCC(=CC(=O)N2CCCC(O)(c3cn(C(C)C)nn3)C2)CC1. The van der Waals surface area contributed by atoms with E-state index in [1.807, 2.05) is 19.9 Å². The van der Waals surface area contributed by atoms with Crippen LogP contribution in [0.15, 0.2) is 17.8 Å². The van der Waals surface area contributed by atoms with Gasteiger partial charge < -0.3 is 10.0 Å². The second-order valence-corrected chi connectivity index (χ2v) is 8.06. The average Bonchev–Trinajstić information content (AvgIpc) is 3.08. The van der Waals surface area contributed by atoms with E-state index in [-0.39, 0.29) is 11.9 Å². The fraction of sp³-hybridized carbons (Fsp3) is 0.737. The van der Waals surface area contributed by atoms with Crippen molar-refractivity contribution in [3.63, 3.8) is 0 Å². The number of β-amino-alcohol motifs (C(OH)–C–C–N with tert-alkyl or cyclic N) is 1. The summed E-state index contributed by atoms with van der Waals surface area (Å²) in [6, 6.07) is 0.199. The molecule has 2 heterocycles. The van der Waals surface area contributed by atoms with E-state index in [1.165, 1.54) is 18.4 Å². The van der Waals surface area contributed by atoms with Crippen LogP contribution in [0.5, 0.6) is 0 Å². The molecule has 2 aliphatic rings. The lowest BCUT2D eigenvalue weighted by molar-refractivity contribution is -0.134. The van der Waals surface area contributed by atoms with E-state index < -0.39 is 5.60 Å². The van der Waals surface area contributed by atoms with Crippen LogP contribution in [-0.2, 0) is 10.4 Å². The van der Waals surface area contributed by atoms with Crippen LogP contribution in [0.25, 0.3) is 0 Å². The molecule has 0 spiro atoms. The first-order valence-electron chi connectivity index (χ1n) is 9.50. The number of aliphatic hydroxyl groups is 1. The van der Waals surface area contributed by atoms with Gasteiger partial charge in [0.25, 0.3) is 0 Å². The summed E-state index contributed by atoms with van der Waals surface area (Å²) < 4.78 is 1.75. The molecular formula is C19H30N4O2. The van der Waals surface area contributed by atoms with Gasteiger partial charge in [-0.15, -0.1) is 5.10 Å². The summed E-state index contributed by atoms with van der Waals surface area (Å²) >= 11 is 0. The summed E-state index contributed by atoms with van der Waals surface area (Å²) in [5.74, 6) is 0.787. The molecule has 1 aliphatic heterocycles. The minimum atomic E-state index is -1.10. The Balaban J connectivity index is 1.69. The smallest absolute Gasteiger partial charge is 0.246 e. The molecule has 25 heavy (non-hydrogen) atoms. The Morgan fingerprint density at radius 2 is 2.12 bits per heavy atom. The van der Waals surface area contributed by atoms with Crippen LogP contribution in [0.2, 0.25) is 0 Å². The van der Waals surface area contributed by atoms with Crippen molar-refractivity contribution in [2.75, 3.05) is 13.1 Å². The lowest BCUT2D eigenvalue weighted by Crippen LogP contribution is -2.48. The van der Waals surface area contributed by atoms with Crippen molar-refractivity contribution < 1.29 is 9.90 Å². The topological polar surface area (TPSA) is 71.2 Å². The second-order valence-electron chi connectivity index (χ2n) is 8.06. The molecule has 0 radical (unpaired) electrons. The van der Waals surface area contributed by atoms with Crippen molar-refractivity contribution in [2.24, 2.45) is 5.92 Å². The third-order valence-corrected chi connectivity index (χ3v) is 5.54. The minimum Gasteiger partial charge on any atom is -0.382 e. The number of piperidine rings is 1. The molecule has 1 N–H and O–H groups in total. The Labute approximate surface area is 149 Å². The van der Waals surface area contributed by atoms with Crippen LogP contribution in [0.1, 0.15) is 71.0 Å². The lowest BCUT2D eigenvalue weighted by Gasteiger charge is -2.37. The quantitative estimate of drug-likeness (QED) is 0.854. The molecule has 1 aliphatic carbocycles. The number of allylic oxidation sites excluding steroid dienone is 1. The predicted octanol–water partition coefficient (Wildman–Crippen LogP) is 2.81. The van der Waals surface area contributed by atoms with Crippen molar-refractivity contribution in [2.45, 2.75) is 70.9 Å². The van der Waals surface area contributed by atoms with Gasteiger partial charge >= 0.3 is 0 Å². The second kappa shape index (κ2) is 7.28. The third-order valence-electron chi connectivity index (χ3n) is 5.54. The van der Waals surface area contributed by atoms with E-state index in [4.69, 9.17) is 0 Å². The molecule has 1 unspecified atom stereocenters. The summed E-state index contributed by atoms with van der Waals surface area (Å²) in [5.41, 5.74) is 0.724. The monoisotopic (exact) mass is 346 g/mol. The van der Waals surface area contributed by atoms with Gasteiger partial charge in [0, 0.05) is 18.7 Å². The van der Waals surface area contributed by atoms with Gasteiger partial charge in [-0.05, 0) is 58.3 Å². The lowest BCUT2D eigenvalue weighted by atomic mass is 9.86. The van der Waals surface area contributed by atoms with E-state index in [0.717, 1.165) is 25.2 Å². The van der Waals surface area contributed by atoms with Crippen molar-refractivity contribution in [3.05, 3.63) is 23.5 Å². The Kier molecular flexibility index (Phi) is 5.27. The average molecular weight is 346 g/mol. The maximum Gasteiger partial charge on any atom is 0.246 e. The molecule has 3 rings (SSSR count). The maximum atomic E-state index is 12.7. The van der Waals surface area contributed by atoms with Gasteiger partial charge in [-0.2, -0.15) is 0 Å².